The highest BCUT2D eigenvalue weighted by atomic mass is 16.6. The van der Waals surface area contributed by atoms with Crippen molar-refractivity contribution in [3.8, 4) is 0 Å². The molecule has 1 N–H and O–H groups in total. The number of carbonyl (C=O) groups excluding carboxylic acids is 1. The summed E-state index contributed by atoms with van der Waals surface area (Å²) in [7, 11) is 0. The van der Waals surface area contributed by atoms with E-state index in [9.17, 15) is 4.79 Å². The Bertz CT molecular complexity index is 552. The highest BCUT2D eigenvalue weighted by molar-refractivity contribution is 5.69. The fraction of sp³-hybridized carbons (Fsp3) is 0.643. The normalized spacial score (nSPS) is 18.1. The van der Waals surface area contributed by atoms with Crippen molar-refractivity contribution in [1.29, 1.82) is 0 Å². The number of anilines is 1. The molecule has 0 unspecified atom stereocenters. The van der Waals surface area contributed by atoms with Gasteiger partial charge in [-0.2, -0.15) is 0 Å². The standard InChI is InChI=1S/C14H20N4O3/c1-14(2,3)21-13(19)18-5-9-4-15-12(17-11(9)6-18)16-10-7-20-8-10/h4,10H,5-8H2,1-3H3,(H,15,16,17). The van der Waals surface area contributed by atoms with Crippen molar-refractivity contribution in [2.24, 2.45) is 0 Å². The van der Waals surface area contributed by atoms with Gasteiger partial charge < -0.3 is 14.8 Å². The number of aromatic nitrogens is 2. The topological polar surface area (TPSA) is 76.6 Å². The molecule has 1 aromatic rings. The number of nitrogens with zero attached hydrogens (tertiary/aromatic N) is 3. The molecule has 21 heavy (non-hydrogen) atoms. The van der Waals surface area contributed by atoms with Gasteiger partial charge in [0, 0.05) is 11.8 Å². The minimum atomic E-state index is -0.492. The Hall–Kier alpha value is -1.89. The molecule has 7 nitrogen and oxygen atoms in total. The SMILES string of the molecule is CC(C)(C)OC(=O)N1Cc2cnc(NC3COC3)nc2C1. The molecule has 0 spiro atoms. The minimum absolute atomic E-state index is 0.284. The van der Waals surface area contributed by atoms with Crippen LogP contribution in [0.25, 0.3) is 0 Å². The van der Waals surface area contributed by atoms with Crippen LogP contribution in [0.4, 0.5) is 10.7 Å². The Kier molecular flexibility index (Phi) is 3.44. The zero-order valence-corrected chi connectivity index (χ0v) is 12.5. The van der Waals surface area contributed by atoms with E-state index in [0.29, 0.717) is 32.3 Å². The fourth-order valence-corrected chi connectivity index (χ4v) is 2.18. The molecule has 0 aliphatic carbocycles. The summed E-state index contributed by atoms with van der Waals surface area (Å²) in [5.41, 5.74) is 1.35. The lowest BCUT2D eigenvalue weighted by Gasteiger charge is -2.26. The first-order valence-corrected chi connectivity index (χ1v) is 7.08. The number of hydrogen-bond donors (Lipinski definition) is 1. The van der Waals surface area contributed by atoms with Gasteiger partial charge in [0.25, 0.3) is 0 Å². The van der Waals surface area contributed by atoms with Crippen LogP contribution in [0.3, 0.4) is 0 Å². The third-order valence-electron chi connectivity index (χ3n) is 3.28. The van der Waals surface area contributed by atoms with E-state index in [2.05, 4.69) is 15.3 Å². The van der Waals surface area contributed by atoms with Crippen molar-refractivity contribution in [2.75, 3.05) is 18.5 Å². The van der Waals surface area contributed by atoms with Crippen LogP contribution >= 0.6 is 0 Å². The van der Waals surface area contributed by atoms with Gasteiger partial charge in [-0.15, -0.1) is 0 Å². The van der Waals surface area contributed by atoms with E-state index in [4.69, 9.17) is 9.47 Å². The monoisotopic (exact) mass is 292 g/mol. The van der Waals surface area contributed by atoms with Gasteiger partial charge in [-0.05, 0) is 20.8 Å². The predicted octanol–water partition coefficient (Wildman–Crippen LogP) is 1.54. The summed E-state index contributed by atoms with van der Waals surface area (Å²) in [5.74, 6) is 0.591. The van der Waals surface area contributed by atoms with Crippen molar-refractivity contribution in [3.05, 3.63) is 17.5 Å². The molecule has 2 aliphatic heterocycles. The minimum Gasteiger partial charge on any atom is -0.444 e. The Labute approximate surface area is 123 Å². The zero-order valence-electron chi connectivity index (χ0n) is 12.5. The lowest BCUT2D eigenvalue weighted by Crippen LogP contribution is -2.40. The van der Waals surface area contributed by atoms with Crippen molar-refractivity contribution < 1.29 is 14.3 Å². The smallest absolute Gasteiger partial charge is 0.410 e. The zero-order chi connectivity index (χ0) is 15.0. The number of rotatable bonds is 2. The first-order valence-electron chi connectivity index (χ1n) is 7.08. The molecule has 0 aromatic carbocycles. The maximum Gasteiger partial charge on any atom is 0.410 e. The molecular formula is C14H20N4O3. The fourth-order valence-electron chi connectivity index (χ4n) is 2.18. The van der Waals surface area contributed by atoms with E-state index in [1.807, 2.05) is 20.8 Å². The second-order valence-corrected chi connectivity index (χ2v) is 6.38. The lowest BCUT2D eigenvalue weighted by molar-refractivity contribution is 0.0207. The second kappa shape index (κ2) is 5.14. The molecule has 0 atom stereocenters. The van der Waals surface area contributed by atoms with Crippen molar-refractivity contribution in [3.63, 3.8) is 0 Å². The van der Waals surface area contributed by atoms with Crippen molar-refractivity contribution in [1.82, 2.24) is 14.9 Å². The van der Waals surface area contributed by atoms with E-state index in [1.165, 1.54) is 0 Å². The van der Waals surface area contributed by atoms with Crippen LogP contribution < -0.4 is 5.32 Å². The molecule has 1 amide bonds. The van der Waals surface area contributed by atoms with Gasteiger partial charge in [-0.1, -0.05) is 0 Å². The van der Waals surface area contributed by atoms with E-state index >= 15 is 0 Å². The molecule has 1 aromatic heterocycles. The van der Waals surface area contributed by atoms with Gasteiger partial charge in [-0.25, -0.2) is 14.8 Å². The Morgan fingerprint density at radius 1 is 1.43 bits per heavy atom. The molecule has 1 fully saturated rings. The third-order valence-corrected chi connectivity index (χ3v) is 3.28. The number of hydrogen-bond acceptors (Lipinski definition) is 6. The van der Waals surface area contributed by atoms with E-state index in [1.54, 1.807) is 11.1 Å². The van der Waals surface area contributed by atoms with Crippen LogP contribution in [0.15, 0.2) is 6.20 Å². The van der Waals surface area contributed by atoms with Crippen LogP contribution in [0.1, 0.15) is 32.0 Å². The third kappa shape index (κ3) is 3.24. The van der Waals surface area contributed by atoms with Crippen LogP contribution in [0.5, 0.6) is 0 Å². The molecule has 2 aliphatic rings. The Morgan fingerprint density at radius 2 is 2.19 bits per heavy atom. The van der Waals surface area contributed by atoms with Gasteiger partial charge >= 0.3 is 6.09 Å². The Balaban J connectivity index is 1.65. The maximum absolute atomic E-state index is 12.1. The van der Waals surface area contributed by atoms with Crippen LogP contribution in [-0.2, 0) is 22.6 Å². The molecule has 0 bridgehead atoms. The van der Waals surface area contributed by atoms with E-state index < -0.39 is 5.60 Å². The van der Waals surface area contributed by atoms with Gasteiger partial charge in [0.05, 0.1) is 38.0 Å². The molecule has 7 heteroatoms. The molecule has 3 heterocycles. The molecule has 1 saturated heterocycles. The number of carbonyl (C=O) groups is 1. The summed E-state index contributed by atoms with van der Waals surface area (Å²) >= 11 is 0. The van der Waals surface area contributed by atoms with Crippen molar-refractivity contribution in [2.45, 2.75) is 45.5 Å². The summed E-state index contributed by atoms with van der Waals surface area (Å²) in [6, 6.07) is 0.284. The van der Waals surface area contributed by atoms with Gasteiger partial charge in [0.2, 0.25) is 5.95 Å². The highest BCUT2D eigenvalue weighted by Gasteiger charge is 2.29. The number of ether oxygens (including phenoxy) is 2. The predicted molar refractivity (Wildman–Crippen MR) is 75.7 cm³/mol. The van der Waals surface area contributed by atoms with Gasteiger partial charge in [0.15, 0.2) is 0 Å². The van der Waals surface area contributed by atoms with Gasteiger partial charge in [-0.3, -0.25) is 4.90 Å². The quantitative estimate of drug-likeness (QED) is 0.891. The number of amides is 1. The van der Waals surface area contributed by atoms with E-state index in [0.717, 1.165) is 11.3 Å². The molecule has 0 radical (unpaired) electrons. The Morgan fingerprint density at radius 3 is 2.81 bits per heavy atom. The first-order chi connectivity index (χ1) is 9.90. The van der Waals surface area contributed by atoms with Crippen LogP contribution in [0.2, 0.25) is 0 Å². The summed E-state index contributed by atoms with van der Waals surface area (Å²) in [6.07, 6.45) is 1.46. The largest absolute Gasteiger partial charge is 0.444 e. The molecular weight excluding hydrogens is 272 g/mol. The highest BCUT2D eigenvalue weighted by Crippen LogP contribution is 2.23. The van der Waals surface area contributed by atoms with Crippen molar-refractivity contribution >= 4 is 12.0 Å². The van der Waals surface area contributed by atoms with Crippen LogP contribution in [0, 0.1) is 0 Å². The molecule has 0 saturated carbocycles. The maximum atomic E-state index is 12.1. The summed E-state index contributed by atoms with van der Waals surface area (Å²) < 4.78 is 10.5. The van der Waals surface area contributed by atoms with Gasteiger partial charge in [0.1, 0.15) is 5.60 Å². The van der Waals surface area contributed by atoms with E-state index in [-0.39, 0.29) is 12.1 Å². The lowest BCUT2D eigenvalue weighted by atomic mass is 10.2. The summed E-state index contributed by atoms with van der Waals surface area (Å²) in [4.78, 5) is 22.5. The summed E-state index contributed by atoms with van der Waals surface area (Å²) in [5, 5.41) is 3.21. The molecule has 3 rings (SSSR count). The summed E-state index contributed by atoms with van der Waals surface area (Å²) in [6.45, 7) is 7.90. The first kappa shape index (κ1) is 14.1. The molecule has 114 valence electrons. The van der Waals surface area contributed by atoms with Crippen LogP contribution in [-0.4, -0.2) is 45.8 Å². The number of nitrogens with one attached hydrogen (secondary N) is 1. The average molecular weight is 292 g/mol. The second-order valence-electron chi connectivity index (χ2n) is 6.38. The number of fused-ring (bicyclic) bond motifs is 1. The average Bonchev–Trinajstić information content (AvgIpc) is 2.74.